The monoisotopic (exact) mass is 344 g/mol. The summed E-state index contributed by atoms with van der Waals surface area (Å²) >= 11 is 3.05. The quantitative estimate of drug-likeness (QED) is 0.485. The number of anilines is 1. The first-order valence-electron chi connectivity index (χ1n) is 5.83. The molecule has 1 aromatic carbocycles. The summed E-state index contributed by atoms with van der Waals surface area (Å²) in [4.78, 5) is 32.8. The third-order valence-electron chi connectivity index (χ3n) is 2.29. The zero-order valence-electron chi connectivity index (χ0n) is 10.7. The van der Waals surface area contributed by atoms with Crippen LogP contribution in [0.3, 0.4) is 0 Å². The van der Waals surface area contributed by atoms with Crippen molar-refractivity contribution in [2.75, 3.05) is 11.9 Å². The van der Waals surface area contributed by atoms with Crippen LogP contribution in [0.25, 0.3) is 0 Å². The largest absolute Gasteiger partial charge is 0.466 e. The maximum atomic E-state index is 11.6. The number of carbonyl (C=O) groups is 2. The molecule has 0 spiro atoms. The molecule has 0 heterocycles. The predicted molar refractivity (Wildman–Crippen MR) is 75.3 cm³/mol. The number of nitro benzene ring substituents is 1. The molecule has 0 atom stereocenters. The fourth-order valence-corrected chi connectivity index (χ4v) is 1.93. The van der Waals surface area contributed by atoms with E-state index in [1.807, 2.05) is 0 Å². The van der Waals surface area contributed by atoms with Gasteiger partial charge in [0, 0.05) is 18.2 Å². The molecule has 0 bridgehead atoms. The summed E-state index contributed by atoms with van der Waals surface area (Å²) in [5.74, 6) is -0.800. The molecule has 0 saturated carbocycles. The Balaban J connectivity index is 2.56. The highest BCUT2D eigenvalue weighted by atomic mass is 79.9. The van der Waals surface area contributed by atoms with Crippen LogP contribution in [0.1, 0.15) is 19.8 Å². The van der Waals surface area contributed by atoms with Gasteiger partial charge in [0.2, 0.25) is 5.91 Å². The summed E-state index contributed by atoms with van der Waals surface area (Å²) in [6, 6.07) is 4.14. The van der Waals surface area contributed by atoms with E-state index in [0.29, 0.717) is 5.69 Å². The van der Waals surface area contributed by atoms with E-state index in [-0.39, 0.29) is 35.5 Å². The second-order valence-electron chi connectivity index (χ2n) is 3.78. The van der Waals surface area contributed by atoms with Crippen molar-refractivity contribution in [2.45, 2.75) is 19.8 Å². The minimum atomic E-state index is -0.531. The number of carbonyl (C=O) groups excluding carboxylic acids is 2. The molecule has 7 nitrogen and oxygen atoms in total. The number of nitro groups is 1. The average Bonchev–Trinajstić information content (AvgIpc) is 2.36. The molecule has 0 radical (unpaired) electrons. The number of hydrogen-bond donors (Lipinski definition) is 1. The van der Waals surface area contributed by atoms with Gasteiger partial charge >= 0.3 is 5.97 Å². The van der Waals surface area contributed by atoms with Gasteiger partial charge in [-0.05, 0) is 35.0 Å². The number of halogens is 1. The Morgan fingerprint density at radius 1 is 1.40 bits per heavy atom. The Kier molecular flexibility index (Phi) is 6.10. The lowest BCUT2D eigenvalue weighted by molar-refractivity contribution is -0.385. The molecule has 0 fully saturated rings. The highest BCUT2D eigenvalue weighted by molar-refractivity contribution is 9.10. The van der Waals surface area contributed by atoms with E-state index in [1.54, 1.807) is 6.92 Å². The molecule has 1 N–H and O–H groups in total. The lowest BCUT2D eigenvalue weighted by Crippen LogP contribution is -2.14. The van der Waals surface area contributed by atoms with Gasteiger partial charge in [0.15, 0.2) is 0 Å². The average molecular weight is 345 g/mol. The van der Waals surface area contributed by atoms with Gasteiger partial charge in [-0.15, -0.1) is 0 Å². The number of rotatable bonds is 6. The highest BCUT2D eigenvalue weighted by Crippen LogP contribution is 2.27. The number of nitrogens with zero attached hydrogens (tertiary/aromatic N) is 1. The van der Waals surface area contributed by atoms with Gasteiger partial charge in [-0.2, -0.15) is 0 Å². The van der Waals surface area contributed by atoms with Crippen LogP contribution in [0, 0.1) is 10.1 Å². The van der Waals surface area contributed by atoms with E-state index < -0.39 is 10.9 Å². The van der Waals surface area contributed by atoms with Gasteiger partial charge < -0.3 is 10.1 Å². The Hall–Kier alpha value is -1.96. The first kappa shape index (κ1) is 16.1. The Bertz CT molecular complexity index is 533. The lowest BCUT2D eigenvalue weighted by atomic mass is 10.2. The molecular weight excluding hydrogens is 332 g/mol. The van der Waals surface area contributed by atoms with Gasteiger partial charge in [-0.25, -0.2) is 0 Å². The molecule has 0 aliphatic rings. The normalized spacial score (nSPS) is 9.90. The van der Waals surface area contributed by atoms with Crippen LogP contribution in [0.15, 0.2) is 22.7 Å². The van der Waals surface area contributed by atoms with E-state index in [0.717, 1.165) is 0 Å². The number of amides is 1. The van der Waals surface area contributed by atoms with Gasteiger partial charge in [0.1, 0.15) is 0 Å². The zero-order chi connectivity index (χ0) is 15.1. The highest BCUT2D eigenvalue weighted by Gasteiger charge is 2.13. The van der Waals surface area contributed by atoms with Crippen molar-refractivity contribution in [2.24, 2.45) is 0 Å². The van der Waals surface area contributed by atoms with E-state index in [1.165, 1.54) is 18.2 Å². The van der Waals surface area contributed by atoms with Crippen molar-refractivity contribution in [3.63, 3.8) is 0 Å². The predicted octanol–water partition coefficient (Wildman–Crippen LogP) is 2.64. The van der Waals surface area contributed by atoms with Crippen LogP contribution in [0.5, 0.6) is 0 Å². The van der Waals surface area contributed by atoms with Gasteiger partial charge in [0.05, 0.1) is 22.4 Å². The van der Waals surface area contributed by atoms with Crippen LogP contribution in [-0.2, 0) is 14.3 Å². The topological polar surface area (TPSA) is 98.5 Å². The first-order valence-corrected chi connectivity index (χ1v) is 6.62. The maximum absolute atomic E-state index is 11.6. The molecule has 1 rings (SSSR count). The summed E-state index contributed by atoms with van der Waals surface area (Å²) in [7, 11) is 0. The van der Waals surface area contributed by atoms with Crippen LogP contribution < -0.4 is 5.32 Å². The molecule has 0 unspecified atom stereocenters. The Morgan fingerprint density at radius 2 is 2.10 bits per heavy atom. The summed E-state index contributed by atoms with van der Waals surface area (Å²) in [5, 5.41) is 13.2. The Morgan fingerprint density at radius 3 is 2.65 bits per heavy atom. The van der Waals surface area contributed by atoms with Crippen molar-refractivity contribution in [1.82, 2.24) is 0 Å². The number of hydrogen-bond acceptors (Lipinski definition) is 5. The van der Waals surface area contributed by atoms with Gasteiger partial charge in [-0.1, -0.05) is 0 Å². The zero-order valence-corrected chi connectivity index (χ0v) is 12.3. The fourth-order valence-electron chi connectivity index (χ4n) is 1.40. The summed E-state index contributed by atoms with van der Waals surface area (Å²) in [6.07, 6.45) is -0.0126. The Labute approximate surface area is 123 Å². The molecule has 0 aliphatic carbocycles. The van der Waals surface area contributed by atoms with Crippen molar-refractivity contribution >= 4 is 39.2 Å². The molecular formula is C12H13BrN2O5. The molecule has 0 aliphatic heterocycles. The number of benzene rings is 1. The number of ether oxygens (including phenoxy) is 1. The minimum absolute atomic E-state index is 0.00613. The molecule has 1 aromatic rings. The maximum Gasteiger partial charge on any atom is 0.306 e. The van der Waals surface area contributed by atoms with Crippen LogP contribution in [0.4, 0.5) is 11.4 Å². The molecule has 0 saturated heterocycles. The SMILES string of the molecule is CCOC(=O)CCC(=O)Nc1ccc([N+](=O)[O-])c(Br)c1. The van der Waals surface area contributed by atoms with Gasteiger partial charge in [-0.3, -0.25) is 19.7 Å². The summed E-state index contributed by atoms with van der Waals surface area (Å²) in [5.41, 5.74) is 0.325. The van der Waals surface area contributed by atoms with Crippen molar-refractivity contribution in [3.05, 3.63) is 32.8 Å². The molecule has 108 valence electrons. The third kappa shape index (κ3) is 4.96. The van der Waals surface area contributed by atoms with E-state index in [2.05, 4.69) is 21.2 Å². The molecule has 0 aromatic heterocycles. The first-order chi connectivity index (χ1) is 9.43. The molecule has 8 heteroatoms. The second-order valence-corrected chi connectivity index (χ2v) is 4.63. The van der Waals surface area contributed by atoms with E-state index in [4.69, 9.17) is 4.74 Å². The molecule has 1 amide bonds. The minimum Gasteiger partial charge on any atom is -0.466 e. The van der Waals surface area contributed by atoms with Gasteiger partial charge in [0.25, 0.3) is 5.69 Å². The molecule has 20 heavy (non-hydrogen) atoms. The number of esters is 1. The fraction of sp³-hybridized carbons (Fsp3) is 0.333. The third-order valence-corrected chi connectivity index (χ3v) is 2.92. The van der Waals surface area contributed by atoms with Crippen molar-refractivity contribution in [3.8, 4) is 0 Å². The lowest BCUT2D eigenvalue weighted by Gasteiger charge is -2.06. The second kappa shape index (κ2) is 7.59. The summed E-state index contributed by atoms with van der Waals surface area (Å²) < 4.78 is 4.97. The van der Waals surface area contributed by atoms with Crippen LogP contribution in [0.2, 0.25) is 0 Å². The van der Waals surface area contributed by atoms with Crippen molar-refractivity contribution in [1.29, 1.82) is 0 Å². The smallest absolute Gasteiger partial charge is 0.306 e. The van der Waals surface area contributed by atoms with E-state index >= 15 is 0 Å². The number of nitrogens with one attached hydrogen (secondary N) is 1. The standard InChI is InChI=1S/C12H13BrN2O5/c1-2-20-12(17)6-5-11(16)14-8-3-4-10(15(18)19)9(13)7-8/h3-4,7H,2,5-6H2,1H3,(H,14,16). The van der Waals surface area contributed by atoms with Crippen LogP contribution >= 0.6 is 15.9 Å². The summed E-state index contributed by atoms with van der Waals surface area (Å²) in [6.45, 7) is 1.96. The van der Waals surface area contributed by atoms with E-state index in [9.17, 15) is 19.7 Å². The van der Waals surface area contributed by atoms with Crippen LogP contribution in [-0.4, -0.2) is 23.4 Å². The van der Waals surface area contributed by atoms with Crippen molar-refractivity contribution < 1.29 is 19.2 Å².